The van der Waals surface area contributed by atoms with Gasteiger partial charge in [0, 0.05) is 33.9 Å². The number of aliphatic hydroxyl groups is 1. The van der Waals surface area contributed by atoms with Crippen LogP contribution in [0.1, 0.15) is 25.8 Å². The zero-order chi connectivity index (χ0) is 24.0. The van der Waals surface area contributed by atoms with E-state index in [4.69, 9.17) is 11.1 Å². The van der Waals surface area contributed by atoms with Gasteiger partial charge in [-0.15, -0.1) is 11.8 Å². The summed E-state index contributed by atoms with van der Waals surface area (Å²) in [6, 6.07) is 6.22. The topological polar surface area (TPSA) is 160 Å². The van der Waals surface area contributed by atoms with Crippen LogP contribution in [0.5, 0.6) is 0 Å². The van der Waals surface area contributed by atoms with Gasteiger partial charge in [0.05, 0.1) is 24.1 Å². The fourth-order valence-electron chi connectivity index (χ4n) is 4.92. The minimum absolute atomic E-state index is 0.00622. The van der Waals surface area contributed by atoms with Gasteiger partial charge in [0.2, 0.25) is 5.91 Å². The maximum Gasteiger partial charge on any atom is 0.353 e. The lowest BCUT2D eigenvalue weighted by molar-refractivity contribution is -0.163. The number of nitrogen functional groups attached to an aromatic ring is 1. The Labute approximate surface area is 195 Å². The Morgan fingerprint density at radius 3 is 2.58 bits per heavy atom. The second-order valence-corrected chi connectivity index (χ2v) is 10.0. The molecule has 176 valence electrons. The van der Waals surface area contributed by atoms with E-state index >= 15 is 0 Å². The number of rotatable bonds is 8. The summed E-state index contributed by atoms with van der Waals surface area (Å²) < 4.78 is 0. The Bertz CT molecular complexity index is 1030. The number of amidine groups is 1. The van der Waals surface area contributed by atoms with Crippen molar-refractivity contribution in [3.8, 4) is 0 Å². The number of hydrazine groups is 1. The molecule has 4 rings (SSSR count). The summed E-state index contributed by atoms with van der Waals surface area (Å²) in [6.45, 7) is 3.93. The van der Waals surface area contributed by atoms with E-state index in [0.717, 1.165) is 12.0 Å². The van der Waals surface area contributed by atoms with E-state index in [1.54, 1.807) is 31.2 Å². The van der Waals surface area contributed by atoms with Gasteiger partial charge in [0.15, 0.2) is 0 Å². The van der Waals surface area contributed by atoms with E-state index in [2.05, 4.69) is 5.43 Å². The molecular weight excluding hydrogens is 446 g/mol. The molecule has 0 spiro atoms. The average molecular weight is 474 g/mol. The monoisotopic (exact) mass is 473 g/mol. The number of aliphatic hydroxyl groups excluding tert-OH is 1. The Morgan fingerprint density at radius 2 is 2.03 bits per heavy atom. The van der Waals surface area contributed by atoms with Crippen molar-refractivity contribution in [1.82, 2.24) is 9.91 Å². The molecule has 3 aliphatic rings. The number of carbonyl (C=O) groups is 3. The van der Waals surface area contributed by atoms with Crippen LogP contribution in [0.3, 0.4) is 0 Å². The number of nitrogens with two attached hydrogens (primary N) is 1. The van der Waals surface area contributed by atoms with Crippen LogP contribution in [0.2, 0.25) is 0 Å². The SMILES string of the molecule is C[C@@H](O)[C@H]1C(=O)N2C(C(=O)O)=C(S[C@H]3C[C@@H](C=O)N(Nc4ccc(C(=N)N)cc4)C3)[C@H](C)[C@H]12. The number of amides is 1. The van der Waals surface area contributed by atoms with E-state index in [-0.39, 0.29) is 34.6 Å². The van der Waals surface area contributed by atoms with E-state index in [1.165, 1.54) is 16.7 Å². The Hall–Kier alpha value is -2.89. The van der Waals surface area contributed by atoms with Gasteiger partial charge in [0.25, 0.3) is 0 Å². The van der Waals surface area contributed by atoms with Crippen LogP contribution in [0, 0.1) is 17.2 Å². The molecular formula is C22H27N5O5S. The molecule has 0 saturated carbocycles. The summed E-state index contributed by atoms with van der Waals surface area (Å²) in [7, 11) is 0. The second kappa shape index (κ2) is 8.81. The highest BCUT2D eigenvalue weighted by atomic mass is 32.2. The highest BCUT2D eigenvalue weighted by Crippen LogP contribution is 2.52. The van der Waals surface area contributed by atoms with Crippen molar-refractivity contribution in [2.24, 2.45) is 17.6 Å². The van der Waals surface area contributed by atoms with Crippen molar-refractivity contribution in [3.05, 3.63) is 40.4 Å². The molecule has 3 heterocycles. The molecule has 1 aromatic rings. The first-order valence-electron chi connectivity index (χ1n) is 10.7. The highest BCUT2D eigenvalue weighted by molar-refractivity contribution is 8.03. The average Bonchev–Trinajstić information content (AvgIpc) is 3.25. The number of thioether (sulfide) groups is 1. The number of benzene rings is 1. The van der Waals surface area contributed by atoms with Gasteiger partial charge in [-0.2, -0.15) is 0 Å². The van der Waals surface area contributed by atoms with Crippen LogP contribution < -0.4 is 11.2 Å². The van der Waals surface area contributed by atoms with Gasteiger partial charge >= 0.3 is 5.97 Å². The standard InChI is InChI=1S/C22H27N5O5S/c1-10-17-16(11(2)29)21(30)27(17)18(22(31)32)19(10)33-15-7-14(9-28)26(8-15)25-13-5-3-12(4-6-13)20(23)24/h3-6,9-11,14-17,25,29H,7-8H2,1-2H3,(H3,23,24)(H,31,32)/t10-,11-,14+,15+,16-,17-/m1/s1. The highest BCUT2D eigenvalue weighted by Gasteiger charge is 2.60. The number of carbonyl (C=O) groups excluding carboxylic acids is 2. The summed E-state index contributed by atoms with van der Waals surface area (Å²) in [4.78, 5) is 38.2. The van der Waals surface area contributed by atoms with E-state index in [9.17, 15) is 24.6 Å². The van der Waals surface area contributed by atoms with E-state index in [1.807, 2.05) is 11.9 Å². The van der Waals surface area contributed by atoms with Crippen LogP contribution in [-0.4, -0.2) is 74.1 Å². The first-order chi connectivity index (χ1) is 15.6. The van der Waals surface area contributed by atoms with Gasteiger partial charge < -0.3 is 31.1 Å². The number of carboxylic acid groups (broad SMARTS) is 1. The second-order valence-electron chi connectivity index (χ2n) is 8.71. The molecule has 11 heteroatoms. The minimum Gasteiger partial charge on any atom is -0.477 e. The van der Waals surface area contributed by atoms with Gasteiger partial charge in [-0.1, -0.05) is 6.92 Å². The Kier molecular flexibility index (Phi) is 6.21. The lowest BCUT2D eigenvalue weighted by Crippen LogP contribution is -2.63. The number of aliphatic carboxylic acids is 1. The normalized spacial score (nSPS) is 30.1. The zero-order valence-electron chi connectivity index (χ0n) is 18.3. The third kappa shape index (κ3) is 4.00. The smallest absolute Gasteiger partial charge is 0.353 e. The fraction of sp³-hybridized carbons (Fsp3) is 0.455. The molecule has 6 atom stereocenters. The first kappa shape index (κ1) is 23.3. The molecule has 0 radical (unpaired) electrons. The number of aldehydes is 1. The molecule has 6 N–H and O–H groups in total. The molecule has 10 nitrogen and oxygen atoms in total. The summed E-state index contributed by atoms with van der Waals surface area (Å²) in [6.07, 6.45) is 0.539. The van der Waals surface area contributed by atoms with Crippen LogP contribution >= 0.6 is 11.8 Å². The van der Waals surface area contributed by atoms with Crippen molar-refractivity contribution in [3.63, 3.8) is 0 Å². The summed E-state index contributed by atoms with van der Waals surface area (Å²) in [5, 5.41) is 29.0. The third-order valence-corrected chi connectivity index (χ3v) is 8.03. The number of nitrogens with one attached hydrogen (secondary N) is 2. The first-order valence-corrected chi connectivity index (χ1v) is 11.6. The van der Waals surface area contributed by atoms with Crippen LogP contribution in [0.15, 0.2) is 34.9 Å². The van der Waals surface area contributed by atoms with Crippen LogP contribution in [0.4, 0.5) is 5.69 Å². The number of hydrogen-bond donors (Lipinski definition) is 5. The molecule has 0 bridgehead atoms. The molecule has 0 unspecified atom stereocenters. The number of β-lactam (4-membered cyclic amide) rings is 1. The van der Waals surface area contributed by atoms with Crippen molar-refractivity contribution in [2.45, 2.75) is 43.7 Å². The lowest BCUT2D eigenvalue weighted by Gasteiger charge is -2.46. The lowest BCUT2D eigenvalue weighted by atomic mass is 9.79. The fourth-order valence-corrected chi connectivity index (χ4v) is 6.46. The largest absolute Gasteiger partial charge is 0.477 e. The van der Waals surface area contributed by atoms with Crippen molar-refractivity contribution in [1.29, 1.82) is 5.41 Å². The number of hydrogen-bond acceptors (Lipinski definition) is 8. The summed E-state index contributed by atoms with van der Waals surface area (Å²) >= 11 is 1.40. The van der Waals surface area contributed by atoms with Gasteiger partial charge in [-0.05, 0) is 37.6 Å². The maximum absolute atomic E-state index is 12.5. The molecule has 1 amide bonds. The number of anilines is 1. The van der Waals surface area contributed by atoms with Crippen molar-refractivity contribution < 1.29 is 24.6 Å². The molecule has 33 heavy (non-hydrogen) atoms. The third-order valence-electron chi connectivity index (χ3n) is 6.54. The predicted molar refractivity (Wildman–Crippen MR) is 123 cm³/mol. The predicted octanol–water partition coefficient (Wildman–Crippen LogP) is 0.826. The van der Waals surface area contributed by atoms with Gasteiger partial charge in [0.1, 0.15) is 17.8 Å². The number of fused-ring (bicyclic) bond motifs is 1. The molecule has 2 saturated heterocycles. The van der Waals surface area contributed by atoms with Gasteiger partial charge in [-0.3, -0.25) is 10.2 Å². The number of nitrogens with zero attached hydrogens (tertiary/aromatic N) is 2. The summed E-state index contributed by atoms with van der Waals surface area (Å²) in [5.74, 6) is -2.36. The van der Waals surface area contributed by atoms with Crippen LogP contribution in [-0.2, 0) is 14.4 Å². The zero-order valence-corrected chi connectivity index (χ0v) is 19.1. The Balaban J connectivity index is 1.50. The molecule has 0 aromatic heterocycles. The van der Waals surface area contributed by atoms with Crippen LogP contribution in [0.25, 0.3) is 0 Å². The van der Waals surface area contributed by atoms with E-state index < -0.39 is 24.0 Å². The van der Waals surface area contributed by atoms with Gasteiger partial charge in [-0.25, -0.2) is 9.80 Å². The van der Waals surface area contributed by atoms with Crippen molar-refractivity contribution in [2.75, 3.05) is 12.0 Å². The Morgan fingerprint density at radius 1 is 1.36 bits per heavy atom. The molecule has 2 fully saturated rings. The molecule has 0 aliphatic carbocycles. The quantitative estimate of drug-likeness (QED) is 0.159. The maximum atomic E-state index is 12.5. The summed E-state index contributed by atoms with van der Waals surface area (Å²) in [5.41, 5.74) is 10.0. The minimum atomic E-state index is -1.16. The number of carboxylic acids is 1. The van der Waals surface area contributed by atoms with E-state index in [0.29, 0.717) is 23.4 Å². The molecule has 3 aliphatic heterocycles. The van der Waals surface area contributed by atoms with Crippen molar-refractivity contribution >= 4 is 41.4 Å². The molecule has 1 aromatic carbocycles.